The first kappa shape index (κ1) is 18.5. The molecule has 1 aliphatic heterocycles. The lowest BCUT2D eigenvalue weighted by Crippen LogP contribution is -2.40. The summed E-state index contributed by atoms with van der Waals surface area (Å²) < 4.78 is 0. The van der Waals surface area contributed by atoms with Crippen LogP contribution in [0.3, 0.4) is 0 Å². The molecule has 3 heterocycles. The summed E-state index contributed by atoms with van der Waals surface area (Å²) in [6.45, 7) is 0. The van der Waals surface area contributed by atoms with E-state index in [2.05, 4.69) is 40.3 Å². The zero-order valence-corrected chi connectivity index (χ0v) is 17.4. The number of carbonyl (C=O) groups excluding carboxylic acids is 1. The first-order valence-corrected chi connectivity index (χ1v) is 11.1. The van der Waals surface area contributed by atoms with Gasteiger partial charge in [0.05, 0.1) is 16.5 Å². The van der Waals surface area contributed by atoms with Crippen molar-refractivity contribution in [2.45, 2.75) is 55.9 Å². The third-order valence-corrected chi connectivity index (χ3v) is 7.17. The smallest absolute Gasteiger partial charge is 0.237 e. The summed E-state index contributed by atoms with van der Waals surface area (Å²) in [7, 11) is 0. The first-order valence-electron chi connectivity index (χ1n) is 11.1. The molecule has 1 unspecified atom stereocenters. The number of carbonyl (C=O) groups is 1. The molecule has 2 aliphatic carbocycles. The van der Waals surface area contributed by atoms with Gasteiger partial charge >= 0.3 is 0 Å². The highest BCUT2D eigenvalue weighted by molar-refractivity contribution is 6.06. The van der Waals surface area contributed by atoms with E-state index in [4.69, 9.17) is 10.7 Å². The number of hydrogen-bond acceptors (Lipinski definition) is 4. The van der Waals surface area contributed by atoms with Crippen LogP contribution >= 0.6 is 0 Å². The Kier molecular flexibility index (Phi) is 3.97. The maximum absolute atomic E-state index is 12.9. The minimum atomic E-state index is -0.557. The van der Waals surface area contributed by atoms with Gasteiger partial charge in [-0.3, -0.25) is 4.79 Å². The molecule has 1 amide bonds. The quantitative estimate of drug-likeness (QED) is 0.557. The molecule has 1 atom stereocenters. The molecule has 154 valence electrons. The summed E-state index contributed by atoms with van der Waals surface area (Å²) in [4.78, 5) is 22.1. The first-order chi connectivity index (χ1) is 15.0. The Bertz CT molecular complexity index is 1300. The molecule has 2 aromatic heterocycles. The highest BCUT2D eigenvalue weighted by atomic mass is 16.2. The lowest BCUT2D eigenvalue weighted by atomic mass is 9.79. The molecule has 3 aliphatic rings. The molecular weight excluding hydrogens is 384 g/mol. The normalized spacial score (nSPS) is 23.2. The van der Waals surface area contributed by atoms with E-state index in [1.807, 2.05) is 18.2 Å². The molecule has 1 fully saturated rings. The number of amides is 1. The second-order valence-corrected chi connectivity index (χ2v) is 9.27. The highest BCUT2D eigenvalue weighted by Gasteiger charge is 2.51. The third kappa shape index (κ3) is 2.94. The number of aromatic nitrogens is 2. The van der Waals surface area contributed by atoms with E-state index < -0.39 is 5.41 Å². The Morgan fingerprint density at radius 1 is 1.03 bits per heavy atom. The lowest BCUT2D eigenvalue weighted by molar-refractivity contribution is -0.120. The zero-order valence-electron chi connectivity index (χ0n) is 17.4. The van der Waals surface area contributed by atoms with Crippen LogP contribution in [-0.4, -0.2) is 21.4 Å². The van der Waals surface area contributed by atoms with Gasteiger partial charge in [0, 0.05) is 17.1 Å². The molecule has 3 aromatic rings. The molecule has 0 radical (unpaired) electrons. The summed E-state index contributed by atoms with van der Waals surface area (Å²) in [5.41, 5.74) is 10.6. The minimum absolute atomic E-state index is 0.0432. The molecule has 1 aromatic carbocycles. The van der Waals surface area contributed by atoms with Crippen molar-refractivity contribution in [1.29, 1.82) is 0 Å². The molecule has 31 heavy (non-hydrogen) atoms. The molecule has 3 N–H and O–H groups in total. The van der Waals surface area contributed by atoms with Gasteiger partial charge in [-0.15, -0.1) is 0 Å². The van der Waals surface area contributed by atoms with Crippen LogP contribution in [0.5, 0.6) is 0 Å². The van der Waals surface area contributed by atoms with Crippen molar-refractivity contribution < 1.29 is 4.79 Å². The number of nitrogens with two attached hydrogens (primary N) is 1. The molecule has 1 spiro atoms. The number of fused-ring (bicyclic) bond motifs is 4. The Hall–Kier alpha value is -3.23. The monoisotopic (exact) mass is 408 g/mol. The predicted octanol–water partition coefficient (Wildman–Crippen LogP) is 3.63. The molecule has 6 rings (SSSR count). The molecule has 1 saturated carbocycles. The minimum Gasteiger partial charge on any atom is -0.315 e. The van der Waals surface area contributed by atoms with E-state index >= 15 is 0 Å². The van der Waals surface area contributed by atoms with Crippen molar-refractivity contribution in [3.63, 3.8) is 0 Å². The Morgan fingerprint density at radius 2 is 1.84 bits per heavy atom. The van der Waals surface area contributed by atoms with Gasteiger partial charge < -0.3 is 11.1 Å². The molecular formula is C26H24N4O. The van der Waals surface area contributed by atoms with E-state index in [1.165, 1.54) is 17.5 Å². The van der Waals surface area contributed by atoms with E-state index in [0.29, 0.717) is 18.7 Å². The maximum Gasteiger partial charge on any atom is 0.237 e. The fourth-order valence-electron chi connectivity index (χ4n) is 5.46. The Labute approximate surface area is 181 Å². The molecule has 5 nitrogen and oxygen atoms in total. The Morgan fingerprint density at radius 3 is 2.68 bits per heavy atom. The van der Waals surface area contributed by atoms with Crippen molar-refractivity contribution in [2.75, 3.05) is 5.32 Å². The second-order valence-electron chi connectivity index (χ2n) is 9.27. The van der Waals surface area contributed by atoms with Crippen molar-refractivity contribution in [3.05, 3.63) is 65.0 Å². The number of benzene rings is 1. The van der Waals surface area contributed by atoms with Gasteiger partial charge in [0.25, 0.3) is 0 Å². The van der Waals surface area contributed by atoms with Crippen LogP contribution in [0.15, 0.2) is 42.6 Å². The van der Waals surface area contributed by atoms with Crippen molar-refractivity contribution >= 4 is 22.6 Å². The predicted molar refractivity (Wildman–Crippen MR) is 121 cm³/mol. The van der Waals surface area contributed by atoms with Crippen LogP contribution in [0.1, 0.15) is 54.5 Å². The van der Waals surface area contributed by atoms with Gasteiger partial charge in [-0.05, 0) is 73.1 Å². The average molecular weight is 409 g/mol. The van der Waals surface area contributed by atoms with E-state index in [1.54, 1.807) is 6.20 Å². The van der Waals surface area contributed by atoms with Gasteiger partial charge in [0.15, 0.2) is 0 Å². The second kappa shape index (κ2) is 6.63. The van der Waals surface area contributed by atoms with Crippen molar-refractivity contribution in [1.82, 2.24) is 9.97 Å². The number of pyridine rings is 2. The Balaban J connectivity index is 1.36. The summed E-state index contributed by atoms with van der Waals surface area (Å²) in [5.74, 6) is 7.25. The summed E-state index contributed by atoms with van der Waals surface area (Å²) in [5, 5.41) is 4.05. The van der Waals surface area contributed by atoms with Gasteiger partial charge in [0.2, 0.25) is 5.91 Å². The average Bonchev–Trinajstić information content (AvgIpc) is 3.28. The largest absolute Gasteiger partial charge is 0.315 e. The molecule has 0 saturated heterocycles. The standard InChI is InChI=1S/C26H24N4O/c27-25(9-2-1-3-10-25)11-8-20-7-6-17-13-18-15-26(16-19(18)14-22(17)29-20)21-5-4-12-28-23(21)30-24(26)31/h4-7,12-14H,1-3,9-10,15-16,27H2,(H,28,30,31). The van der Waals surface area contributed by atoms with Gasteiger partial charge in [-0.25, -0.2) is 9.97 Å². The summed E-state index contributed by atoms with van der Waals surface area (Å²) >= 11 is 0. The highest BCUT2D eigenvalue weighted by Crippen LogP contribution is 2.47. The van der Waals surface area contributed by atoms with E-state index in [9.17, 15) is 4.79 Å². The number of nitrogens with one attached hydrogen (secondary N) is 1. The van der Waals surface area contributed by atoms with Crippen LogP contribution < -0.4 is 11.1 Å². The van der Waals surface area contributed by atoms with Gasteiger partial charge in [-0.1, -0.05) is 31.2 Å². The fraction of sp³-hybridized carbons (Fsp3) is 0.346. The van der Waals surface area contributed by atoms with Crippen LogP contribution in [0.2, 0.25) is 0 Å². The van der Waals surface area contributed by atoms with Crippen LogP contribution in [0, 0.1) is 11.8 Å². The number of nitrogens with zero attached hydrogens (tertiary/aromatic N) is 2. The maximum atomic E-state index is 12.9. The van der Waals surface area contributed by atoms with Crippen molar-refractivity contribution in [3.8, 4) is 11.8 Å². The molecule has 5 heteroatoms. The van der Waals surface area contributed by atoms with Crippen molar-refractivity contribution in [2.24, 2.45) is 5.73 Å². The third-order valence-electron chi connectivity index (χ3n) is 7.17. The molecule has 0 bridgehead atoms. The van der Waals surface area contributed by atoms with Crippen LogP contribution in [-0.2, 0) is 23.1 Å². The van der Waals surface area contributed by atoms with E-state index in [-0.39, 0.29) is 11.4 Å². The number of rotatable bonds is 0. The number of hydrogen-bond donors (Lipinski definition) is 2. The zero-order chi connectivity index (χ0) is 21.1. The van der Waals surface area contributed by atoms with Gasteiger partial charge in [-0.2, -0.15) is 0 Å². The van der Waals surface area contributed by atoms with Crippen LogP contribution in [0.25, 0.3) is 10.9 Å². The summed E-state index contributed by atoms with van der Waals surface area (Å²) in [6.07, 6.45) is 8.56. The summed E-state index contributed by atoms with van der Waals surface area (Å²) in [6, 6.07) is 12.3. The fourth-order valence-corrected chi connectivity index (χ4v) is 5.46. The SMILES string of the molecule is NC1(C#Cc2ccc3cc4c(cc3n2)CC2(C4)C(=O)Nc3ncccc32)CCCCC1. The lowest BCUT2D eigenvalue weighted by Gasteiger charge is -2.27. The topological polar surface area (TPSA) is 80.9 Å². The number of anilines is 1. The van der Waals surface area contributed by atoms with E-state index in [0.717, 1.165) is 47.8 Å². The van der Waals surface area contributed by atoms with Gasteiger partial charge in [0.1, 0.15) is 11.5 Å². The van der Waals surface area contributed by atoms with Crippen LogP contribution in [0.4, 0.5) is 5.82 Å².